The quantitative estimate of drug-likeness (QED) is 0.506. The largest absolute Gasteiger partial charge is 0.458 e. The smallest absolute Gasteiger partial charge is 0.330 e. The van der Waals surface area contributed by atoms with Crippen LogP contribution in [0.1, 0.15) is 26.7 Å². The standard InChI is InChI=1S/C11H19NO2/c1-4-6-12-8-10(7-9(12)3)14-11(13)5-2/h5,9-10H,2,4,6-8H2,1,3H3. The molecule has 14 heavy (non-hydrogen) atoms. The maximum Gasteiger partial charge on any atom is 0.330 e. The molecule has 0 spiro atoms. The Balaban J connectivity index is 2.38. The molecule has 0 saturated carbocycles. The van der Waals surface area contributed by atoms with E-state index < -0.39 is 0 Å². The van der Waals surface area contributed by atoms with Crippen LogP contribution < -0.4 is 0 Å². The number of esters is 1. The highest BCUT2D eigenvalue weighted by Crippen LogP contribution is 2.20. The predicted molar refractivity (Wildman–Crippen MR) is 56.0 cm³/mol. The van der Waals surface area contributed by atoms with Gasteiger partial charge in [-0.15, -0.1) is 0 Å². The van der Waals surface area contributed by atoms with Crippen molar-refractivity contribution in [2.45, 2.75) is 38.8 Å². The Kier molecular flexibility index (Phi) is 4.14. The second-order valence-corrected chi connectivity index (χ2v) is 3.84. The molecule has 0 radical (unpaired) electrons. The van der Waals surface area contributed by atoms with Crippen LogP contribution in [0.2, 0.25) is 0 Å². The molecule has 0 bridgehead atoms. The van der Waals surface area contributed by atoms with Crippen LogP contribution in [0.4, 0.5) is 0 Å². The highest BCUT2D eigenvalue weighted by Gasteiger charge is 2.30. The van der Waals surface area contributed by atoms with Crippen molar-refractivity contribution in [1.82, 2.24) is 4.90 Å². The first-order valence-electron chi connectivity index (χ1n) is 5.24. The number of rotatable bonds is 4. The van der Waals surface area contributed by atoms with E-state index in [1.807, 2.05) is 0 Å². The van der Waals surface area contributed by atoms with Gasteiger partial charge in [-0.3, -0.25) is 4.90 Å². The Morgan fingerprint density at radius 1 is 1.71 bits per heavy atom. The summed E-state index contributed by atoms with van der Waals surface area (Å²) in [6.07, 6.45) is 3.38. The van der Waals surface area contributed by atoms with Gasteiger partial charge in [0.15, 0.2) is 0 Å². The summed E-state index contributed by atoms with van der Waals surface area (Å²) in [7, 11) is 0. The molecular weight excluding hydrogens is 178 g/mol. The van der Waals surface area contributed by atoms with Crippen molar-refractivity contribution in [2.75, 3.05) is 13.1 Å². The number of carbonyl (C=O) groups is 1. The van der Waals surface area contributed by atoms with Crippen molar-refractivity contribution in [3.63, 3.8) is 0 Å². The van der Waals surface area contributed by atoms with Crippen LogP contribution in [-0.4, -0.2) is 36.1 Å². The van der Waals surface area contributed by atoms with Gasteiger partial charge >= 0.3 is 5.97 Å². The van der Waals surface area contributed by atoms with Gasteiger partial charge in [0, 0.05) is 25.1 Å². The third kappa shape index (κ3) is 2.84. The van der Waals surface area contributed by atoms with Crippen molar-refractivity contribution >= 4 is 5.97 Å². The van der Waals surface area contributed by atoms with Gasteiger partial charge in [0.05, 0.1) is 0 Å². The zero-order chi connectivity index (χ0) is 10.6. The molecule has 80 valence electrons. The van der Waals surface area contributed by atoms with Crippen LogP contribution in [0.3, 0.4) is 0 Å². The molecule has 2 unspecified atom stereocenters. The third-order valence-electron chi connectivity index (χ3n) is 2.63. The van der Waals surface area contributed by atoms with E-state index in [1.165, 1.54) is 6.08 Å². The Labute approximate surface area is 85.7 Å². The zero-order valence-electron chi connectivity index (χ0n) is 9.03. The lowest BCUT2D eigenvalue weighted by atomic mass is 10.2. The first kappa shape index (κ1) is 11.2. The van der Waals surface area contributed by atoms with Gasteiger partial charge in [0.1, 0.15) is 6.10 Å². The molecule has 3 heteroatoms. The molecule has 0 aromatic heterocycles. The molecule has 0 aromatic carbocycles. The Bertz CT molecular complexity index is 215. The van der Waals surface area contributed by atoms with Gasteiger partial charge in [-0.25, -0.2) is 4.79 Å². The summed E-state index contributed by atoms with van der Waals surface area (Å²) in [6.45, 7) is 9.69. The molecule has 0 aromatic rings. The number of hydrogen-bond donors (Lipinski definition) is 0. The van der Waals surface area contributed by atoms with E-state index in [4.69, 9.17) is 4.74 Å². The lowest BCUT2D eigenvalue weighted by Gasteiger charge is -2.19. The molecule has 0 aliphatic carbocycles. The highest BCUT2D eigenvalue weighted by molar-refractivity contribution is 5.81. The van der Waals surface area contributed by atoms with Crippen LogP contribution >= 0.6 is 0 Å². The maximum absolute atomic E-state index is 11.0. The van der Waals surface area contributed by atoms with Gasteiger partial charge in [-0.2, -0.15) is 0 Å². The van der Waals surface area contributed by atoms with Crippen molar-refractivity contribution in [3.05, 3.63) is 12.7 Å². The number of nitrogens with zero attached hydrogens (tertiary/aromatic N) is 1. The first-order valence-corrected chi connectivity index (χ1v) is 5.24. The molecule has 3 nitrogen and oxygen atoms in total. The predicted octanol–water partition coefficient (Wildman–Crippen LogP) is 1.59. The van der Waals surface area contributed by atoms with Gasteiger partial charge in [0.2, 0.25) is 0 Å². The topological polar surface area (TPSA) is 29.5 Å². The second-order valence-electron chi connectivity index (χ2n) is 3.84. The van der Waals surface area contributed by atoms with Crippen LogP contribution in [0.15, 0.2) is 12.7 Å². The van der Waals surface area contributed by atoms with E-state index in [0.29, 0.717) is 6.04 Å². The fourth-order valence-corrected chi connectivity index (χ4v) is 1.94. The molecule has 1 rings (SSSR count). The summed E-state index contributed by atoms with van der Waals surface area (Å²) in [4.78, 5) is 13.3. The highest BCUT2D eigenvalue weighted by atomic mass is 16.5. The number of likely N-dealkylation sites (tertiary alicyclic amines) is 1. The van der Waals surface area contributed by atoms with E-state index in [2.05, 4.69) is 25.3 Å². The minimum absolute atomic E-state index is 0.0575. The molecule has 2 atom stereocenters. The number of carbonyl (C=O) groups excluding carboxylic acids is 1. The monoisotopic (exact) mass is 197 g/mol. The summed E-state index contributed by atoms with van der Waals surface area (Å²) >= 11 is 0. The average Bonchev–Trinajstić information content (AvgIpc) is 2.47. The minimum Gasteiger partial charge on any atom is -0.458 e. The Morgan fingerprint density at radius 3 is 3.00 bits per heavy atom. The van der Waals surface area contributed by atoms with Crippen LogP contribution in [0.25, 0.3) is 0 Å². The average molecular weight is 197 g/mol. The van der Waals surface area contributed by atoms with E-state index in [9.17, 15) is 4.79 Å². The van der Waals surface area contributed by atoms with Crippen LogP contribution in [0, 0.1) is 0 Å². The molecule has 1 saturated heterocycles. The fourth-order valence-electron chi connectivity index (χ4n) is 1.94. The van der Waals surface area contributed by atoms with Crippen molar-refractivity contribution in [3.8, 4) is 0 Å². The number of ether oxygens (including phenoxy) is 1. The summed E-state index contributed by atoms with van der Waals surface area (Å²) < 4.78 is 5.21. The minimum atomic E-state index is -0.305. The second kappa shape index (κ2) is 5.15. The van der Waals surface area contributed by atoms with Gasteiger partial charge in [-0.05, 0) is 19.9 Å². The van der Waals surface area contributed by atoms with E-state index in [1.54, 1.807) is 0 Å². The Hall–Kier alpha value is -0.830. The molecule has 1 heterocycles. The summed E-state index contributed by atoms with van der Waals surface area (Å²) in [5, 5.41) is 0. The number of hydrogen-bond acceptors (Lipinski definition) is 3. The molecular formula is C11H19NO2. The summed E-state index contributed by atoms with van der Waals surface area (Å²) in [5.74, 6) is -0.305. The summed E-state index contributed by atoms with van der Waals surface area (Å²) in [6, 6.07) is 0.526. The van der Waals surface area contributed by atoms with Crippen LogP contribution in [0.5, 0.6) is 0 Å². The SMILES string of the molecule is C=CC(=O)OC1CC(C)N(CCC)C1. The van der Waals surface area contributed by atoms with Crippen molar-refractivity contribution in [1.29, 1.82) is 0 Å². The molecule has 0 N–H and O–H groups in total. The molecule has 0 amide bonds. The van der Waals surface area contributed by atoms with Crippen molar-refractivity contribution < 1.29 is 9.53 Å². The zero-order valence-corrected chi connectivity index (χ0v) is 9.03. The fraction of sp³-hybridized carbons (Fsp3) is 0.727. The summed E-state index contributed by atoms with van der Waals surface area (Å²) in [5.41, 5.74) is 0. The van der Waals surface area contributed by atoms with Crippen LogP contribution in [-0.2, 0) is 9.53 Å². The molecule has 1 aliphatic rings. The Morgan fingerprint density at radius 2 is 2.43 bits per heavy atom. The van der Waals surface area contributed by atoms with Crippen molar-refractivity contribution in [2.24, 2.45) is 0 Å². The van der Waals surface area contributed by atoms with E-state index in [0.717, 1.165) is 25.9 Å². The van der Waals surface area contributed by atoms with E-state index >= 15 is 0 Å². The molecule has 1 fully saturated rings. The molecule has 1 aliphatic heterocycles. The lowest BCUT2D eigenvalue weighted by molar-refractivity contribution is -0.142. The first-order chi connectivity index (χ1) is 6.67. The van der Waals surface area contributed by atoms with E-state index in [-0.39, 0.29) is 12.1 Å². The van der Waals surface area contributed by atoms with Gasteiger partial charge in [0.25, 0.3) is 0 Å². The maximum atomic E-state index is 11.0. The van der Waals surface area contributed by atoms with Gasteiger partial charge in [-0.1, -0.05) is 13.5 Å². The van der Waals surface area contributed by atoms with Gasteiger partial charge < -0.3 is 4.74 Å². The lowest BCUT2D eigenvalue weighted by Crippen LogP contribution is -2.29. The third-order valence-corrected chi connectivity index (χ3v) is 2.63. The normalized spacial score (nSPS) is 27.6.